The molecule has 5 heteroatoms. The molecule has 1 aliphatic carbocycles. The molecule has 0 bridgehead atoms. The number of carbonyl (C=O) groups excluding carboxylic acids is 1. The van der Waals surface area contributed by atoms with Crippen LogP contribution in [-0.4, -0.2) is 47.7 Å². The first kappa shape index (κ1) is 14.0. The van der Waals surface area contributed by atoms with Crippen molar-refractivity contribution in [1.29, 1.82) is 0 Å². The highest BCUT2D eigenvalue weighted by Crippen LogP contribution is 2.27. The van der Waals surface area contributed by atoms with E-state index in [9.17, 15) is 9.59 Å². The average Bonchev–Trinajstić information content (AvgIpc) is 3.01. The topological polar surface area (TPSA) is 66.8 Å². The monoisotopic (exact) mass is 243 g/mol. The number of nitrogens with zero attached hydrogens (tertiary/aromatic N) is 1. The van der Waals surface area contributed by atoms with E-state index in [0.717, 1.165) is 25.8 Å². The molecule has 0 aromatic heterocycles. The van der Waals surface area contributed by atoms with Gasteiger partial charge < -0.3 is 14.7 Å². The van der Waals surface area contributed by atoms with Crippen LogP contribution in [0.5, 0.6) is 0 Å². The number of rotatable bonds is 8. The van der Waals surface area contributed by atoms with Gasteiger partial charge in [-0.1, -0.05) is 13.8 Å². The Labute approximate surface area is 102 Å². The van der Waals surface area contributed by atoms with Crippen molar-refractivity contribution in [3.8, 4) is 0 Å². The summed E-state index contributed by atoms with van der Waals surface area (Å²) in [6.07, 6.45) is 3.09. The molecule has 0 spiro atoms. The van der Waals surface area contributed by atoms with Crippen LogP contribution in [0.15, 0.2) is 0 Å². The molecule has 5 nitrogen and oxygen atoms in total. The van der Waals surface area contributed by atoms with Gasteiger partial charge in [0.15, 0.2) is 0 Å². The third kappa shape index (κ3) is 5.68. The second-order valence-electron chi connectivity index (χ2n) is 4.89. The number of carbonyl (C=O) groups is 2. The molecule has 1 fully saturated rings. The quantitative estimate of drug-likeness (QED) is 0.694. The van der Waals surface area contributed by atoms with Crippen molar-refractivity contribution in [2.75, 3.05) is 19.8 Å². The van der Waals surface area contributed by atoms with Gasteiger partial charge in [-0.25, -0.2) is 4.79 Å². The summed E-state index contributed by atoms with van der Waals surface area (Å²) in [6.45, 7) is 4.46. The molecule has 0 aromatic rings. The summed E-state index contributed by atoms with van der Waals surface area (Å²) >= 11 is 0. The van der Waals surface area contributed by atoms with Crippen molar-refractivity contribution in [2.24, 2.45) is 5.92 Å². The summed E-state index contributed by atoms with van der Waals surface area (Å²) in [6, 6.07) is 0.356. The number of carboxylic acids is 1. The van der Waals surface area contributed by atoms with Crippen molar-refractivity contribution < 1.29 is 19.4 Å². The van der Waals surface area contributed by atoms with Crippen LogP contribution in [0, 0.1) is 5.92 Å². The van der Waals surface area contributed by atoms with Gasteiger partial charge in [0, 0.05) is 12.6 Å². The molecule has 98 valence electrons. The highest BCUT2D eigenvalue weighted by Gasteiger charge is 2.32. The van der Waals surface area contributed by atoms with Gasteiger partial charge in [-0.3, -0.25) is 4.79 Å². The zero-order chi connectivity index (χ0) is 12.8. The summed E-state index contributed by atoms with van der Waals surface area (Å²) in [7, 11) is 0. The number of aliphatic carboxylic acids is 1. The number of carboxylic acid groups (broad SMARTS) is 1. The number of ether oxygens (including phenoxy) is 1. The van der Waals surface area contributed by atoms with Gasteiger partial charge in [0.2, 0.25) is 5.91 Å². The van der Waals surface area contributed by atoms with Crippen LogP contribution < -0.4 is 0 Å². The van der Waals surface area contributed by atoms with E-state index in [0.29, 0.717) is 12.0 Å². The van der Waals surface area contributed by atoms with Crippen molar-refractivity contribution >= 4 is 11.9 Å². The molecule has 0 radical (unpaired) electrons. The second-order valence-corrected chi connectivity index (χ2v) is 4.89. The van der Waals surface area contributed by atoms with Crippen molar-refractivity contribution in [3.05, 3.63) is 0 Å². The Morgan fingerprint density at radius 2 is 2.00 bits per heavy atom. The summed E-state index contributed by atoms with van der Waals surface area (Å²) in [5.74, 6) is -0.573. The van der Waals surface area contributed by atoms with Crippen LogP contribution >= 0.6 is 0 Å². The molecule has 0 aliphatic heterocycles. The first-order valence-electron chi connectivity index (χ1n) is 6.09. The van der Waals surface area contributed by atoms with E-state index in [-0.39, 0.29) is 12.5 Å². The van der Waals surface area contributed by atoms with Gasteiger partial charge in [-0.2, -0.15) is 0 Å². The van der Waals surface area contributed by atoms with Gasteiger partial charge >= 0.3 is 5.97 Å². The Bertz CT molecular complexity index is 274. The fourth-order valence-electron chi connectivity index (χ4n) is 1.60. The first-order valence-corrected chi connectivity index (χ1v) is 6.09. The summed E-state index contributed by atoms with van der Waals surface area (Å²) in [5, 5.41) is 8.41. The summed E-state index contributed by atoms with van der Waals surface area (Å²) in [5.41, 5.74) is 0. The largest absolute Gasteiger partial charge is 0.480 e. The molecule has 1 aliphatic rings. The van der Waals surface area contributed by atoms with E-state index in [1.54, 1.807) is 0 Å². The van der Waals surface area contributed by atoms with Crippen LogP contribution in [0.2, 0.25) is 0 Å². The van der Waals surface area contributed by atoms with Gasteiger partial charge in [-0.05, 0) is 25.2 Å². The minimum atomic E-state index is -1.04. The maximum absolute atomic E-state index is 11.8. The molecule has 1 N–H and O–H groups in total. The van der Waals surface area contributed by atoms with E-state index in [1.807, 2.05) is 4.90 Å². The molecule has 0 aromatic carbocycles. The molecular weight excluding hydrogens is 222 g/mol. The molecule has 1 amide bonds. The lowest BCUT2D eigenvalue weighted by molar-refractivity contribution is -0.146. The van der Waals surface area contributed by atoms with Crippen LogP contribution in [-0.2, 0) is 14.3 Å². The maximum Gasteiger partial charge on any atom is 0.329 e. The molecule has 0 unspecified atom stereocenters. The predicted octanol–water partition coefficient (Wildman–Crippen LogP) is 1.12. The third-order valence-electron chi connectivity index (χ3n) is 2.71. The minimum absolute atomic E-state index is 0.0885. The van der Waals surface area contributed by atoms with Crippen molar-refractivity contribution in [2.45, 2.75) is 39.2 Å². The number of amides is 1. The highest BCUT2D eigenvalue weighted by atomic mass is 16.5. The summed E-state index contributed by atoms with van der Waals surface area (Å²) in [4.78, 5) is 23.9. The lowest BCUT2D eigenvalue weighted by atomic mass is 10.1. The molecule has 0 heterocycles. The fourth-order valence-corrected chi connectivity index (χ4v) is 1.60. The van der Waals surface area contributed by atoms with E-state index in [4.69, 9.17) is 9.84 Å². The molecular formula is C12H21NO4. The second kappa shape index (κ2) is 6.59. The number of hydrogen-bond acceptors (Lipinski definition) is 3. The van der Waals surface area contributed by atoms with Crippen LogP contribution in [0.1, 0.15) is 33.1 Å². The third-order valence-corrected chi connectivity index (χ3v) is 2.71. The Kier molecular flexibility index (Phi) is 5.41. The Morgan fingerprint density at radius 3 is 2.47 bits per heavy atom. The van der Waals surface area contributed by atoms with Gasteiger partial charge in [0.25, 0.3) is 0 Å². The highest BCUT2D eigenvalue weighted by molar-refractivity contribution is 5.78. The normalized spacial score (nSPS) is 15.0. The van der Waals surface area contributed by atoms with E-state index in [1.165, 1.54) is 0 Å². The Morgan fingerprint density at radius 1 is 1.35 bits per heavy atom. The SMILES string of the molecule is CC(C)CCN(C(=O)COCC(=O)O)C1CC1. The maximum atomic E-state index is 11.8. The van der Waals surface area contributed by atoms with Crippen molar-refractivity contribution in [3.63, 3.8) is 0 Å². The van der Waals surface area contributed by atoms with Crippen LogP contribution in [0.4, 0.5) is 0 Å². The fraction of sp³-hybridized carbons (Fsp3) is 0.833. The van der Waals surface area contributed by atoms with Crippen LogP contribution in [0.25, 0.3) is 0 Å². The smallest absolute Gasteiger partial charge is 0.329 e. The predicted molar refractivity (Wildman–Crippen MR) is 62.6 cm³/mol. The Balaban J connectivity index is 2.30. The lowest BCUT2D eigenvalue weighted by Crippen LogP contribution is -2.37. The van der Waals surface area contributed by atoms with E-state index in [2.05, 4.69) is 13.8 Å². The van der Waals surface area contributed by atoms with Gasteiger partial charge in [0.05, 0.1) is 0 Å². The first-order chi connectivity index (χ1) is 8.00. The van der Waals surface area contributed by atoms with Gasteiger partial charge in [-0.15, -0.1) is 0 Å². The van der Waals surface area contributed by atoms with Crippen LogP contribution in [0.3, 0.4) is 0 Å². The molecule has 17 heavy (non-hydrogen) atoms. The average molecular weight is 243 g/mol. The molecule has 1 rings (SSSR count). The molecule has 0 saturated heterocycles. The molecule has 1 saturated carbocycles. The zero-order valence-corrected chi connectivity index (χ0v) is 10.5. The van der Waals surface area contributed by atoms with E-state index >= 15 is 0 Å². The lowest BCUT2D eigenvalue weighted by Gasteiger charge is -2.23. The van der Waals surface area contributed by atoms with Crippen molar-refractivity contribution in [1.82, 2.24) is 4.90 Å². The number of hydrogen-bond donors (Lipinski definition) is 1. The van der Waals surface area contributed by atoms with Gasteiger partial charge in [0.1, 0.15) is 13.2 Å². The molecule has 0 atom stereocenters. The Hall–Kier alpha value is -1.10. The standard InChI is InChI=1S/C12H21NO4/c1-9(2)5-6-13(10-3-4-10)11(14)7-17-8-12(15)16/h9-10H,3-8H2,1-2H3,(H,15,16). The summed E-state index contributed by atoms with van der Waals surface area (Å²) < 4.78 is 4.83. The minimum Gasteiger partial charge on any atom is -0.480 e. The van der Waals surface area contributed by atoms with E-state index < -0.39 is 12.6 Å². The zero-order valence-electron chi connectivity index (χ0n) is 10.5.